The minimum absolute atomic E-state index is 0.269. The molecule has 1 N–H and O–H groups in total. The monoisotopic (exact) mass is 237 g/mol. The number of hydrogen-bond acceptors (Lipinski definition) is 3. The molecule has 0 spiro atoms. The largest absolute Gasteiger partial charge is 0.481 e. The fourth-order valence-corrected chi connectivity index (χ4v) is 3.69. The Labute approximate surface area is 98.5 Å². The minimum Gasteiger partial charge on any atom is -0.481 e. The maximum atomic E-state index is 11.2. The molecule has 0 bridgehead atoms. The second kappa shape index (κ2) is 3.29. The normalized spacial score (nSPS) is 26.2. The van der Waals surface area contributed by atoms with Gasteiger partial charge in [-0.15, -0.1) is 11.3 Å². The van der Waals surface area contributed by atoms with Crippen LogP contribution in [0.2, 0.25) is 0 Å². The fourth-order valence-electron chi connectivity index (χ4n) is 2.32. The lowest BCUT2D eigenvalue weighted by atomic mass is 9.91. The molecule has 1 fully saturated rings. The first-order valence-corrected chi connectivity index (χ1v) is 6.65. The van der Waals surface area contributed by atoms with E-state index in [0.29, 0.717) is 0 Å². The third-order valence-electron chi connectivity index (χ3n) is 3.77. The maximum Gasteiger partial charge on any atom is 0.312 e. The Bertz CT molecular complexity index is 448. The van der Waals surface area contributed by atoms with Gasteiger partial charge in [0.1, 0.15) is 0 Å². The number of carboxylic acid groups (broad SMARTS) is 1. The smallest absolute Gasteiger partial charge is 0.312 e. The quantitative estimate of drug-likeness (QED) is 0.860. The number of fused-ring (bicyclic) bond motifs is 1. The molecule has 0 aromatic carbocycles. The van der Waals surface area contributed by atoms with Gasteiger partial charge < -0.3 is 5.11 Å². The summed E-state index contributed by atoms with van der Waals surface area (Å²) >= 11 is 1.75. The van der Waals surface area contributed by atoms with Gasteiger partial charge in [0.2, 0.25) is 0 Å². The highest BCUT2D eigenvalue weighted by Crippen LogP contribution is 2.50. The van der Waals surface area contributed by atoms with Gasteiger partial charge in [-0.25, -0.2) is 4.98 Å². The summed E-state index contributed by atoms with van der Waals surface area (Å²) in [4.78, 5) is 17.0. The Kier molecular flexibility index (Phi) is 2.11. The van der Waals surface area contributed by atoms with E-state index in [0.717, 1.165) is 25.0 Å². The molecule has 16 heavy (non-hydrogen) atoms. The first-order chi connectivity index (χ1) is 7.60. The van der Waals surface area contributed by atoms with Crippen molar-refractivity contribution in [1.29, 1.82) is 0 Å². The maximum absolute atomic E-state index is 11.2. The van der Waals surface area contributed by atoms with Gasteiger partial charge in [-0.05, 0) is 32.1 Å². The van der Waals surface area contributed by atoms with Crippen molar-refractivity contribution in [2.45, 2.75) is 50.4 Å². The summed E-state index contributed by atoms with van der Waals surface area (Å²) in [5.41, 5.74) is 1.14. The fraction of sp³-hybridized carbons (Fsp3) is 0.667. The van der Waals surface area contributed by atoms with Gasteiger partial charge >= 0.3 is 5.97 Å². The van der Waals surface area contributed by atoms with Crippen molar-refractivity contribution in [2.75, 3.05) is 0 Å². The molecule has 0 saturated heterocycles. The number of nitrogens with zero attached hydrogens (tertiary/aromatic N) is 1. The second-order valence-corrected chi connectivity index (χ2v) is 6.25. The molecule has 1 heterocycles. The van der Waals surface area contributed by atoms with Crippen molar-refractivity contribution < 1.29 is 9.90 Å². The Morgan fingerprint density at radius 1 is 1.56 bits per heavy atom. The molecule has 3 nitrogen and oxygen atoms in total. The van der Waals surface area contributed by atoms with Gasteiger partial charge in [0.05, 0.1) is 16.6 Å². The molecule has 1 saturated carbocycles. The van der Waals surface area contributed by atoms with Crippen molar-refractivity contribution in [2.24, 2.45) is 0 Å². The highest BCUT2D eigenvalue weighted by molar-refractivity contribution is 7.12. The van der Waals surface area contributed by atoms with Crippen LogP contribution in [0.5, 0.6) is 0 Å². The minimum atomic E-state index is -0.709. The van der Waals surface area contributed by atoms with Crippen LogP contribution in [0.3, 0.4) is 0 Å². The molecule has 2 aliphatic rings. The average molecular weight is 237 g/mol. The first kappa shape index (κ1) is 10.3. The lowest BCUT2D eigenvalue weighted by molar-refractivity contribution is -0.139. The van der Waals surface area contributed by atoms with Crippen molar-refractivity contribution in [3.63, 3.8) is 0 Å². The number of thiazole rings is 1. The van der Waals surface area contributed by atoms with E-state index < -0.39 is 5.97 Å². The number of carboxylic acids is 1. The van der Waals surface area contributed by atoms with Crippen LogP contribution >= 0.6 is 11.3 Å². The molecule has 2 aliphatic carbocycles. The van der Waals surface area contributed by atoms with E-state index in [2.05, 4.69) is 11.9 Å². The predicted molar refractivity (Wildman–Crippen MR) is 62.0 cm³/mol. The third kappa shape index (κ3) is 1.47. The molecule has 0 aliphatic heterocycles. The highest BCUT2D eigenvalue weighted by atomic mass is 32.1. The molecule has 0 amide bonds. The third-order valence-corrected chi connectivity index (χ3v) is 5.21. The zero-order valence-corrected chi connectivity index (χ0v) is 10.1. The van der Waals surface area contributed by atoms with Gasteiger partial charge in [0, 0.05) is 10.3 Å². The molecule has 1 unspecified atom stereocenters. The molecular formula is C12H15NO2S. The van der Waals surface area contributed by atoms with Crippen molar-refractivity contribution in [3.8, 4) is 0 Å². The standard InChI is InChI=1S/C12H15NO2S/c1-12(5-6-12)11-13-9-7(10(14)15)3-2-4-8(9)16-11/h7H,2-6H2,1H3,(H,14,15). The number of carbonyl (C=O) groups is 1. The molecular weight excluding hydrogens is 222 g/mol. The molecule has 0 radical (unpaired) electrons. The van der Waals surface area contributed by atoms with Crippen LogP contribution in [0.4, 0.5) is 0 Å². The summed E-state index contributed by atoms with van der Waals surface area (Å²) in [5, 5.41) is 10.3. The first-order valence-electron chi connectivity index (χ1n) is 5.83. The van der Waals surface area contributed by atoms with Crippen LogP contribution in [0.15, 0.2) is 0 Å². The topological polar surface area (TPSA) is 50.2 Å². The van der Waals surface area contributed by atoms with Crippen LogP contribution in [0, 0.1) is 0 Å². The summed E-state index contributed by atoms with van der Waals surface area (Å²) in [5.74, 6) is -1.06. The van der Waals surface area contributed by atoms with E-state index in [1.807, 2.05) is 0 Å². The van der Waals surface area contributed by atoms with Gasteiger partial charge in [-0.1, -0.05) is 6.92 Å². The van der Waals surface area contributed by atoms with E-state index in [1.54, 1.807) is 11.3 Å². The van der Waals surface area contributed by atoms with Gasteiger partial charge in [0.25, 0.3) is 0 Å². The van der Waals surface area contributed by atoms with Gasteiger partial charge in [-0.3, -0.25) is 4.79 Å². The summed E-state index contributed by atoms with van der Waals surface area (Å²) < 4.78 is 0. The SMILES string of the molecule is CC1(c2nc3c(s2)CCCC3C(=O)O)CC1. The summed E-state index contributed by atoms with van der Waals surface area (Å²) in [6.45, 7) is 2.23. The lowest BCUT2D eigenvalue weighted by Gasteiger charge is -2.16. The van der Waals surface area contributed by atoms with E-state index in [1.165, 1.54) is 22.7 Å². The van der Waals surface area contributed by atoms with E-state index in [9.17, 15) is 9.90 Å². The van der Waals surface area contributed by atoms with Gasteiger partial charge in [0.15, 0.2) is 0 Å². The van der Waals surface area contributed by atoms with Crippen LogP contribution in [0.25, 0.3) is 0 Å². The van der Waals surface area contributed by atoms with Crippen molar-refractivity contribution in [3.05, 3.63) is 15.6 Å². The van der Waals surface area contributed by atoms with Gasteiger partial charge in [-0.2, -0.15) is 0 Å². The average Bonchev–Trinajstić information content (AvgIpc) is 2.85. The van der Waals surface area contributed by atoms with E-state index in [4.69, 9.17) is 0 Å². The summed E-state index contributed by atoms with van der Waals surface area (Å²) in [6.07, 6.45) is 5.17. The Morgan fingerprint density at radius 3 is 2.94 bits per heavy atom. The van der Waals surface area contributed by atoms with Crippen LogP contribution < -0.4 is 0 Å². The molecule has 1 aromatic heterocycles. The number of rotatable bonds is 2. The van der Waals surface area contributed by atoms with E-state index >= 15 is 0 Å². The number of hydrogen-bond donors (Lipinski definition) is 1. The summed E-state index contributed by atoms with van der Waals surface area (Å²) in [7, 11) is 0. The number of aromatic nitrogens is 1. The van der Waals surface area contributed by atoms with Crippen molar-refractivity contribution in [1.82, 2.24) is 4.98 Å². The zero-order chi connectivity index (χ0) is 11.3. The predicted octanol–water partition coefficient (Wildman–Crippen LogP) is 2.70. The van der Waals surface area contributed by atoms with E-state index in [-0.39, 0.29) is 11.3 Å². The Hall–Kier alpha value is -0.900. The molecule has 1 atom stereocenters. The second-order valence-electron chi connectivity index (χ2n) is 5.17. The highest BCUT2D eigenvalue weighted by Gasteiger charge is 2.43. The number of aryl methyl sites for hydroxylation is 1. The van der Waals surface area contributed by atoms with Crippen molar-refractivity contribution >= 4 is 17.3 Å². The Morgan fingerprint density at radius 2 is 2.31 bits per heavy atom. The van der Waals surface area contributed by atoms with Crippen LogP contribution in [-0.2, 0) is 16.6 Å². The molecule has 3 rings (SSSR count). The van der Waals surface area contributed by atoms with Crippen LogP contribution in [-0.4, -0.2) is 16.1 Å². The zero-order valence-electron chi connectivity index (χ0n) is 9.32. The Balaban J connectivity index is 2.01. The lowest BCUT2D eigenvalue weighted by Crippen LogP contribution is -2.17. The number of aliphatic carboxylic acids is 1. The molecule has 1 aromatic rings. The molecule has 86 valence electrons. The molecule has 4 heteroatoms. The summed E-state index contributed by atoms with van der Waals surface area (Å²) in [6, 6.07) is 0. The van der Waals surface area contributed by atoms with Crippen LogP contribution in [0.1, 0.15) is 54.1 Å².